The zero-order valence-corrected chi connectivity index (χ0v) is 4.33. The van der Waals surface area contributed by atoms with Crippen LogP contribution in [-0.4, -0.2) is 0 Å². The van der Waals surface area contributed by atoms with Gasteiger partial charge in [0.1, 0.15) is 0 Å². The first-order chi connectivity index (χ1) is 1.73. The van der Waals surface area contributed by atoms with Crippen molar-refractivity contribution >= 4 is 20.1 Å². The molecule has 0 atom stereocenters. The average Bonchev–Trinajstić information content (AvgIpc) is 0.811. The minimum absolute atomic E-state index is 2.60. The van der Waals surface area contributed by atoms with E-state index in [-0.39, 0.29) is 0 Å². The van der Waals surface area contributed by atoms with Gasteiger partial charge in [-0.2, -0.15) is 0 Å². The van der Waals surface area contributed by atoms with Crippen molar-refractivity contribution in [1.82, 2.24) is 0 Å². The Morgan fingerprint density at radius 3 is 1.50 bits per heavy atom. The van der Waals surface area contributed by atoms with Crippen molar-refractivity contribution in [3.63, 3.8) is 0 Å². The Hall–Kier alpha value is 1.04. The summed E-state index contributed by atoms with van der Waals surface area (Å²) in [7, 11) is 9.00. The SMILES string of the molecule is [F][Cr]([Cl])[Cl]. The van der Waals surface area contributed by atoms with Gasteiger partial charge in [0.15, 0.2) is 0 Å². The molecule has 0 saturated heterocycles. The number of hydrogen-bond donors (Lipinski definition) is 0. The van der Waals surface area contributed by atoms with E-state index in [1.807, 2.05) is 0 Å². The van der Waals surface area contributed by atoms with Gasteiger partial charge in [-0.05, 0) is 0 Å². The average molecular weight is 142 g/mol. The predicted molar refractivity (Wildman–Crippen MR) is 12.8 cm³/mol. The second kappa shape index (κ2) is 2.29. The van der Waals surface area contributed by atoms with Gasteiger partial charge < -0.3 is 0 Å². The monoisotopic (exact) mass is 141 g/mol. The van der Waals surface area contributed by atoms with Gasteiger partial charge in [-0.1, -0.05) is 0 Å². The Morgan fingerprint density at radius 1 is 1.50 bits per heavy atom. The molecule has 0 nitrogen and oxygen atoms in total. The zero-order valence-electron chi connectivity index (χ0n) is 1.54. The van der Waals surface area contributed by atoms with Crippen LogP contribution in [0.15, 0.2) is 0 Å². The summed E-state index contributed by atoms with van der Waals surface area (Å²) >= 11 is -2.60. The summed E-state index contributed by atoms with van der Waals surface area (Å²) < 4.78 is 10.7. The summed E-state index contributed by atoms with van der Waals surface area (Å²) in [6.45, 7) is 0. The second-order valence-electron chi connectivity index (χ2n) is 0.175. The third-order valence-electron chi connectivity index (χ3n) is 0. The molecule has 0 unspecified atom stereocenters. The molecule has 0 N–H and O–H groups in total. The van der Waals surface area contributed by atoms with Crippen molar-refractivity contribution in [2.45, 2.75) is 0 Å². The van der Waals surface area contributed by atoms with Crippen molar-refractivity contribution in [3.8, 4) is 0 Å². The molecule has 0 spiro atoms. The van der Waals surface area contributed by atoms with Crippen molar-refractivity contribution in [3.05, 3.63) is 0 Å². The van der Waals surface area contributed by atoms with E-state index < -0.39 is 12.8 Å². The van der Waals surface area contributed by atoms with Crippen LogP contribution in [0.25, 0.3) is 0 Å². The van der Waals surface area contributed by atoms with Gasteiger partial charge in [-0.15, -0.1) is 0 Å². The summed E-state index contributed by atoms with van der Waals surface area (Å²) in [6.07, 6.45) is 0. The molecular formula is Cl2CrF. The van der Waals surface area contributed by atoms with Gasteiger partial charge in [-0.25, -0.2) is 0 Å². The Balaban J connectivity index is 2.32. The quantitative estimate of drug-likeness (QED) is 0.483. The first kappa shape index (κ1) is 5.04. The minimum atomic E-state index is -2.60. The van der Waals surface area contributed by atoms with E-state index in [0.717, 1.165) is 0 Å². The van der Waals surface area contributed by atoms with Gasteiger partial charge in [0, 0.05) is 0 Å². The zero-order chi connectivity index (χ0) is 3.58. The van der Waals surface area contributed by atoms with Gasteiger partial charge in [0.25, 0.3) is 0 Å². The molecule has 0 bridgehead atoms. The summed E-state index contributed by atoms with van der Waals surface area (Å²) in [6, 6.07) is 0. The Morgan fingerprint density at radius 2 is 1.50 bits per heavy atom. The first-order valence-electron chi connectivity index (χ1n) is 0.463. The van der Waals surface area contributed by atoms with E-state index in [1.165, 1.54) is 0 Å². The summed E-state index contributed by atoms with van der Waals surface area (Å²) in [5.74, 6) is 0. The maximum absolute atomic E-state index is 10.7. The molecule has 4 heavy (non-hydrogen) atoms. The third kappa shape index (κ3) is 11.7. The van der Waals surface area contributed by atoms with Crippen LogP contribution >= 0.6 is 20.1 Å². The number of halogens is 3. The Labute approximate surface area is 36.8 Å². The topological polar surface area (TPSA) is 0 Å². The van der Waals surface area contributed by atoms with Crippen LogP contribution in [0.4, 0.5) is 3.52 Å². The molecule has 4 heteroatoms. The van der Waals surface area contributed by atoms with Gasteiger partial charge in [0.05, 0.1) is 0 Å². The molecule has 0 heterocycles. The summed E-state index contributed by atoms with van der Waals surface area (Å²) in [4.78, 5) is 0. The van der Waals surface area contributed by atoms with Gasteiger partial charge >= 0.3 is 36.4 Å². The van der Waals surface area contributed by atoms with Crippen molar-refractivity contribution in [2.24, 2.45) is 0 Å². The molecule has 0 saturated carbocycles. The van der Waals surface area contributed by atoms with E-state index in [9.17, 15) is 3.52 Å². The number of hydrogen-bond acceptors (Lipinski definition) is 0. The fourth-order valence-electron chi connectivity index (χ4n) is 0. The van der Waals surface area contributed by atoms with E-state index in [4.69, 9.17) is 0 Å². The van der Waals surface area contributed by atoms with Gasteiger partial charge in [0.2, 0.25) is 0 Å². The molecule has 0 radical (unpaired) electrons. The normalized spacial score (nSPS) is 9.00. The van der Waals surface area contributed by atoms with Crippen LogP contribution in [0.1, 0.15) is 0 Å². The predicted octanol–water partition coefficient (Wildman–Crippen LogP) is 1.80. The van der Waals surface area contributed by atoms with E-state index in [2.05, 4.69) is 20.1 Å². The van der Waals surface area contributed by atoms with Crippen molar-refractivity contribution < 1.29 is 16.3 Å². The van der Waals surface area contributed by atoms with E-state index >= 15 is 0 Å². The Kier molecular flexibility index (Phi) is 2.89. The van der Waals surface area contributed by atoms with Crippen LogP contribution in [0.5, 0.6) is 0 Å². The van der Waals surface area contributed by atoms with Crippen LogP contribution in [0.3, 0.4) is 0 Å². The molecule has 0 aliphatic heterocycles. The second-order valence-corrected chi connectivity index (χ2v) is 3.61. The van der Waals surface area contributed by atoms with Crippen LogP contribution < -0.4 is 0 Å². The van der Waals surface area contributed by atoms with E-state index in [1.54, 1.807) is 0 Å². The molecule has 0 aliphatic rings. The van der Waals surface area contributed by atoms with Crippen molar-refractivity contribution in [2.75, 3.05) is 0 Å². The summed E-state index contributed by atoms with van der Waals surface area (Å²) in [5.41, 5.74) is 0. The molecule has 0 rings (SSSR count). The summed E-state index contributed by atoms with van der Waals surface area (Å²) in [5, 5.41) is 0. The molecule has 0 aromatic carbocycles. The van der Waals surface area contributed by atoms with E-state index in [0.29, 0.717) is 0 Å². The van der Waals surface area contributed by atoms with Crippen molar-refractivity contribution in [1.29, 1.82) is 0 Å². The fourth-order valence-corrected chi connectivity index (χ4v) is 0. The standard InChI is InChI=1S/2ClH.Cr.FH/h2*1H;;1H/q;;+3;/p-3. The molecule has 0 fully saturated rings. The molecule has 0 amide bonds. The van der Waals surface area contributed by atoms with Crippen LogP contribution in [0.2, 0.25) is 0 Å². The van der Waals surface area contributed by atoms with Gasteiger partial charge in [-0.3, -0.25) is 0 Å². The molecule has 0 aromatic heterocycles. The molecule has 0 aliphatic carbocycles. The molecule has 0 aromatic rings. The maximum atomic E-state index is 10.7. The fraction of sp³-hybridized carbons (Fsp3) is 0. The third-order valence-corrected chi connectivity index (χ3v) is 0. The number of rotatable bonds is 0. The van der Waals surface area contributed by atoms with Crippen LogP contribution in [-0.2, 0) is 12.8 Å². The first-order valence-corrected chi connectivity index (χ1v) is 4.45. The molecule has 27 valence electrons. The molecular weight excluding hydrogens is 142 g/mol. The van der Waals surface area contributed by atoms with Crippen LogP contribution in [0, 0.1) is 0 Å². The Bertz CT molecular complexity index is 10.8.